The first kappa shape index (κ1) is 7.93. The highest BCUT2D eigenvalue weighted by molar-refractivity contribution is 5.79. The van der Waals surface area contributed by atoms with Gasteiger partial charge in [-0.1, -0.05) is 5.10 Å². The first-order valence-electron chi connectivity index (χ1n) is 3.16. The predicted molar refractivity (Wildman–Crippen MR) is 39.6 cm³/mol. The Labute approximate surface area is 64.4 Å². The summed E-state index contributed by atoms with van der Waals surface area (Å²) in [4.78, 5) is 13.2. The van der Waals surface area contributed by atoms with Gasteiger partial charge < -0.3 is 14.5 Å². The van der Waals surface area contributed by atoms with Crippen LogP contribution in [-0.4, -0.2) is 43.3 Å². The van der Waals surface area contributed by atoms with E-state index in [-0.39, 0.29) is 0 Å². The van der Waals surface area contributed by atoms with Gasteiger partial charge in [0.15, 0.2) is 0 Å². The largest absolute Gasteiger partial charge is 0.341 e. The molecule has 0 N–H and O–H groups in total. The second-order valence-corrected chi connectivity index (χ2v) is 2.34. The van der Waals surface area contributed by atoms with E-state index in [1.165, 1.54) is 0 Å². The lowest BCUT2D eigenvalue weighted by Gasteiger charge is -2.32. The summed E-state index contributed by atoms with van der Waals surface area (Å²) in [7, 11) is 3.55. The Bertz CT molecular complexity index is 169. The first-order chi connectivity index (χ1) is 5.25. The third-order valence-corrected chi connectivity index (χ3v) is 1.38. The van der Waals surface area contributed by atoms with E-state index < -0.39 is 0 Å². The summed E-state index contributed by atoms with van der Waals surface area (Å²) in [5.74, 6) is 0.534. The van der Waals surface area contributed by atoms with Gasteiger partial charge in [0.1, 0.15) is 13.5 Å². The van der Waals surface area contributed by atoms with Gasteiger partial charge in [0.25, 0.3) is 0 Å². The van der Waals surface area contributed by atoms with Gasteiger partial charge in [0.05, 0.1) is 5.29 Å². The van der Waals surface area contributed by atoms with Crippen LogP contribution < -0.4 is 0 Å². The molecule has 6 heteroatoms. The van der Waals surface area contributed by atoms with Crippen molar-refractivity contribution in [1.29, 1.82) is 0 Å². The average Bonchev–Trinajstić information content (AvgIpc) is 1.97. The summed E-state index contributed by atoms with van der Waals surface area (Å²) >= 11 is 0. The molecule has 0 spiro atoms. The first-order valence-corrected chi connectivity index (χ1v) is 3.16. The molecule has 1 fully saturated rings. The zero-order chi connectivity index (χ0) is 8.27. The van der Waals surface area contributed by atoms with Crippen LogP contribution in [0, 0.1) is 4.91 Å². The molecule has 0 unspecified atom stereocenters. The molecule has 0 atom stereocenters. The zero-order valence-corrected chi connectivity index (χ0v) is 6.52. The van der Waals surface area contributed by atoms with Crippen LogP contribution in [0.2, 0.25) is 0 Å². The molecule has 1 heterocycles. The molecule has 0 saturated carbocycles. The monoisotopic (exact) mass is 158 g/mol. The molecular weight excluding hydrogens is 148 g/mol. The van der Waals surface area contributed by atoms with Crippen LogP contribution in [0.5, 0.6) is 0 Å². The van der Waals surface area contributed by atoms with Gasteiger partial charge in [0, 0.05) is 14.1 Å². The van der Waals surface area contributed by atoms with Crippen molar-refractivity contribution < 1.29 is 4.74 Å². The SMILES string of the molecule is CN1COCN(C)C1=NN=O. The van der Waals surface area contributed by atoms with Gasteiger partial charge >= 0.3 is 0 Å². The molecule has 0 aliphatic carbocycles. The second-order valence-electron chi connectivity index (χ2n) is 2.34. The van der Waals surface area contributed by atoms with E-state index in [1.807, 2.05) is 0 Å². The third-order valence-electron chi connectivity index (χ3n) is 1.38. The summed E-state index contributed by atoms with van der Waals surface area (Å²) in [6.07, 6.45) is 0. The molecular formula is C5H10N4O2. The lowest BCUT2D eigenvalue weighted by Crippen LogP contribution is -2.47. The van der Waals surface area contributed by atoms with E-state index in [9.17, 15) is 4.91 Å². The zero-order valence-electron chi connectivity index (χ0n) is 6.52. The van der Waals surface area contributed by atoms with Crippen LogP contribution in [0.1, 0.15) is 0 Å². The van der Waals surface area contributed by atoms with E-state index in [1.54, 1.807) is 23.9 Å². The highest BCUT2D eigenvalue weighted by Gasteiger charge is 2.17. The molecule has 0 aromatic rings. The van der Waals surface area contributed by atoms with Crippen molar-refractivity contribution in [2.45, 2.75) is 0 Å². The Kier molecular flexibility index (Phi) is 2.37. The smallest absolute Gasteiger partial charge is 0.228 e. The van der Waals surface area contributed by atoms with Crippen LogP contribution in [0.4, 0.5) is 0 Å². The van der Waals surface area contributed by atoms with E-state index >= 15 is 0 Å². The van der Waals surface area contributed by atoms with E-state index in [4.69, 9.17) is 4.74 Å². The minimum Gasteiger partial charge on any atom is -0.341 e. The second kappa shape index (κ2) is 3.29. The fourth-order valence-corrected chi connectivity index (χ4v) is 0.911. The molecule has 1 aliphatic rings. The standard InChI is InChI=1S/C5H10N4O2/c1-8-3-11-4-9(2)5(8)6-7-10/h3-4H2,1-2H3. The molecule has 0 aromatic heterocycles. The summed E-state index contributed by atoms with van der Waals surface area (Å²) in [5, 5.41) is 5.86. The Morgan fingerprint density at radius 2 is 1.91 bits per heavy atom. The molecule has 0 radical (unpaired) electrons. The van der Waals surface area contributed by atoms with Gasteiger partial charge in [-0.3, -0.25) is 0 Å². The van der Waals surface area contributed by atoms with Crippen LogP contribution >= 0.6 is 0 Å². The number of ether oxygens (including phenoxy) is 1. The molecule has 1 aliphatic heterocycles. The van der Waals surface area contributed by atoms with Crippen molar-refractivity contribution in [3.63, 3.8) is 0 Å². The quantitative estimate of drug-likeness (QED) is 0.393. The van der Waals surface area contributed by atoms with Crippen LogP contribution in [0.25, 0.3) is 0 Å². The van der Waals surface area contributed by atoms with Gasteiger partial charge in [-0.25, -0.2) is 0 Å². The molecule has 11 heavy (non-hydrogen) atoms. The van der Waals surface area contributed by atoms with E-state index in [0.29, 0.717) is 19.4 Å². The van der Waals surface area contributed by atoms with Crippen molar-refractivity contribution in [2.75, 3.05) is 27.6 Å². The van der Waals surface area contributed by atoms with E-state index in [0.717, 1.165) is 0 Å². The van der Waals surface area contributed by atoms with Crippen LogP contribution in [-0.2, 0) is 4.74 Å². The normalized spacial score (nSPS) is 18.5. The average molecular weight is 158 g/mol. The van der Waals surface area contributed by atoms with Gasteiger partial charge in [0.2, 0.25) is 5.96 Å². The number of rotatable bonds is 1. The summed E-state index contributed by atoms with van der Waals surface area (Å²) in [5.41, 5.74) is 0. The van der Waals surface area contributed by atoms with Crippen molar-refractivity contribution >= 4 is 5.96 Å². The van der Waals surface area contributed by atoms with Crippen molar-refractivity contribution in [2.24, 2.45) is 10.4 Å². The van der Waals surface area contributed by atoms with Crippen LogP contribution in [0.15, 0.2) is 10.4 Å². The van der Waals surface area contributed by atoms with Crippen LogP contribution in [0.3, 0.4) is 0 Å². The highest BCUT2D eigenvalue weighted by atomic mass is 16.5. The Balaban J connectivity index is 2.70. The maximum atomic E-state index is 9.83. The maximum Gasteiger partial charge on any atom is 0.228 e. The lowest BCUT2D eigenvalue weighted by molar-refractivity contribution is -0.00913. The molecule has 0 amide bonds. The third kappa shape index (κ3) is 1.64. The van der Waals surface area contributed by atoms with Gasteiger partial charge in [-0.15, -0.1) is 4.91 Å². The number of hydrogen-bond donors (Lipinski definition) is 0. The van der Waals surface area contributed by atoms with E-state index in [2.05, 4.69) is 10.4 Å². The number of nitroso groups, excluding NO2 is 1. The summed E-state index contributed by atoms with van der Waals surface area (Å²) in [6.45, 7) is 0.886. The number of hydrogen-bond acceptors (Lipinski definition) is 3. The minimum atomic E-state index is 0.443. The highest BCUT2D eigenvalue weighted by Crippen LogP contribution is 2.01. The van der Waals surface area contributed by atoms with Crippen molar-refractivity contribution in [3.8, 4) is 0 Å². The number of nitrogens with zero attached hydrogens (tertiary/aromatic N) is 4. The fraction of sp³-hybridized carbons (Fsp3) is 0.800. The Hall–Kier alpha value is -1.17. The molecule has 0 aromatic carbocycles. The summed E-state index contributed by atoms with van der Waals surface area (Å²) < 4.78 is 5.10. The summed E-state index contributed by atoms with van der Waals surface area (Å²) in [6, 6.07) is 0. The number of guanidine groups is 1. The lowest BCUT2D eigenvalue weighted by atomic mass is 10.6. The molecule has 62 valence electrons. The van der Waals surface area contributed by atoms with Crippen molar-refractivity contribution in [1.82, 2.24) is 9.80 Å². The fourth-order valence-electron chi connectivity index (χ4n) is 0.911. The van der Waals surface area contributed by atoms with Gasteiger partial charge in [-0.2, -0.15) is 0 Å². The van der Waals surface area contributed by atoms with Crippen molar-refractivity contribution in [3.05, 3.63) is 4.91 Å². The van der Waals surface area contributed by atoms with Gasteiger partial charge in [-0.05, 0) is 0 Å². The minimum absolute atomic E-state index is 0.443. The topological polar surface area (TPSA) is 57.5 Å². The molecule has 6 nitrogen and oxygen atoms in total. The predicted octanol–water partition coefficient (Wildman–Crippen LogP) is -0.167. The molecule has 1 saturated heterocycles. The maximum absolute atomic E-state index is 9.83. The Morgan fingerprint density at radius 1 is 1.36 bits per heavy atom. The molecule has 0 bridgehead atoms. The molecule has 1 rings (SSSR count). The Morgan fingerprint density at radius 3 is 2.36 bits per heavy atom.